The van der Waals surface area contributed by atoms with Gasteiger partial charge in [-0.2, -0.15) is 0 Å². The van der Waals surface area contributed by atoms with Gasteiger partial charge in [-0.25, -0.2) is 8.42 Å². The molecule has 0 saturated heterocycles. The van der Waals surface area contributed by atoms with E-state index in [4.69, 9.17) is 4.42 Å². The van der Waals surface area contributed by atoms with Crippen molar-refractivity contribution in [2.24, 2.45) is 0 Å². The normalized spacial score (nSPS) is 12.1. The van der Waals surface area contributed by atoms with Gasteiger partial charge in [-0.05, 0) is 13.0 Å². The van der Waals surface area contributed by atoms with Crippen molar-refractivity contribution >= 4 is 20.8 Å². The summed E-state index contributed by atoms with van der Waals surface area (Å²) in [6.07, 6.45) is 1.24. The topological polar surface area (TPSA) is 59.3 Å². The van der Waals surface area contributed by atoms with Crippen molar-refractivity contribution in [3.05, 3.63) is 35.6 Å². The zero-order chi connectivity index (χ0) is 13.2. The number of benzene rings is 1. The Bertz CT molecular complexity index is 643. The first-order valence-electron chi connectivity index (χ1n) is 5.83. The van der Waals surface area contributed by atoms with Gasteiger partial charge in [0.05, 0.1) is 5.75 Å². The molecule has 0 spiro atoms. The van der Waals surface area contributed by atoms with Crippen LogP contribution in [0.15, 0.2) is 28.7 Å². The molecule has 2 rings (SSSR count). The quantitative estimate of drug-likeness (QED) is 0.840. The summed E-state index contributed by atoms with van der Waals surface area (Å²) in [7, 11) is -2.90. The Morgan fingerprint density at radius 2 is 2.00 bits per heavy atom. The Hall–Kier alpha value is -1.33. The molecule has 2 aromatic rings. The molecule has 0 amide bonds. The number of rotatable bonds is 5. The van der Waals surface area contributed by atoms with Gasteiger partial charge in [0.25, 0.3) is 0 Å². The molecule has 98 valence electrons. The molecule has 1 N–H and O–H groups in total. The van der Waals surface area contributed by atoms with Crippen molar-refractivity contribution < 1.29 is 12.8 Å². The van der Waals surface area contributed by atoms with E-state index in [1.54, 1.807) is 0 Å². The van der Waals surface area contributed by atoms with E-state index in [-0.39, 0.29) is 5.75 Å². The summed E-state index contributed by atoms with van der Waals surface area (Å²) in [5.74, 6) is 1.03. The fourth-order valence-electron chi connectivity index (χ4n) is 1.91. The van der Waals surface area contributed by atoms with Crippen LogP contribution in [0, 0.1) is 6.92 Å². The molecule has 0 bridgehead atoms. The number of fused-ring (bicyclic) bond motifs is 1. The number of furan rings is 1. The van der Waals surface area contributed by atoms with E-state index >= 15 is 0 Å². The van der Waals surface area contributed by atoms with Crippen LogP contribution in [0.4, 0.5) is 0 Å². The van der Waals surface area contributed by atoms with Crippen LogP contribution in [0.5, 0.6) is 0 Å². The Morgan fingerprint density at radius 1 is 1.28 bits per heavy atom. The molecule has 18 heavy (non-hydrogen) atoms. The van der Waals surface area contributed by atoms with Crippen LogP contribution >= 0.6 is 0 Å². The molecule has 1 heterocycles. The molecule has 0 fully saturated rings. The van der Waals surface area contributed by atoms with Crippen molar-refractivity contribution in [2.45, 2.75) is 13.5 Å². The van der Waals surface area contributed by atoms with Crippen LogP contribution in [0.25, 0.3) is 11.0 Å². The van der Waals surface area contributed by atoms with E-state index in [9.17, 15) is 8.42 Å². The van der Waals surface area contributed by atoms with E-state index in [1.807, 2.05) is 31.2 Å². The van der Waals surface area contributed by atoms with Crippen molar-refractivity contribution in [2.75, 3.05) is 18.6 Å². The molecule has 0 unspecified atom stereocenters. The Kier molecular flexibility index (Phi) is 3.73. The molecular formula is C13H17NO3S. The van der Waals surface area contributed by atoms with Gasteiger partial charge in [0.2, 0.25) is 0 Å². The molecule has 5 heteroatoms. The second-order valence-electron chi connectivity index (χ2n) is 4.44. The zero-order valence-electron chi connectivity index (χ0n) is 10.6. The predicted molar refractivity (Wildman–Crippen MR) is 72.4 cm³/mol. The molecular weight excluding hydrogens is 250 g/mol. The highest BCUT2D eigenvalue weighted by molar-refractivity contribution is 7.90. The van der Waals surface area contributed by atoms with Crippen molar-refractivity contribution in [1.82, 2.24) is 5.32 Å². The number of nitrogens with one attached hydrogen (secondary N) is 1. The summed E-state index contributed by atoms with van der Waals surface area (Å²) >= 11 is 0. The van der Waals surface area contributed by atoms with Gasteiger partial charge in [0.15, 0.2) is 0 Å². The molecule has 1 aromatic carbocycles. The fourth-order valence-corrected chi connectivity index (χ4v) is 2.43. The van der Waals surface area contributed by atoms with E-state index < -0.39 is 9.84 Å². The van der Waals surface area contributed by atoms with Crippen molar-refractivity contribution in [3.8, 4) is 0 Å². The maximum Gasteiger partial charge on any atom is 0.148 e. The molecule has 1 aromatic heterocycles. The molecule has 0 aliphatic rings. The van der Waals surface area contributed by atoms with Gasteiger partial charge in [0, 0.05) is 30.3 Å². The van der Waals surface area contributed by atoms with Crippen LogP contribution in [-0.2, 0) is 16.4 Å². The lowest BCUT2D eigenvalue weighted by molar-refractivity contribution is 0.566. The summed E-state index contributed by atoms with van der Waals surface area (Å²) in [5, 5.41) is 4.22. The third kappa shape index (κ3) is 3.11. The van der Waals surface area contributed by atoms with Gasteiger partial charge < -0.3 is 9.73 Å². The Labute approximate surface area is 107 Å². The number of para-hydroxylation sites is 1. The minimum atomic E-state index is -2.90. The smallest absolute Gasteiger partial charge is 0.148 e. The highest BCUT2D eigenvalue weighted by atomic mass is 32.2. The lowest BCUT2D eigenvalue weighted by atomic mass is 10.1. The van der Waals surface area contributed by atoms with Gasteiger partial charge in [0.1, 0.15) is 21.2 Å². The number of hydrogen-bond donors (Lipinski definition) is 1. The zero-order valence-corrected chi connectivity index (χ0v) is 11.4. The molecule has 0 radical (unpaired) electrons. The predicted octanol–water partition coefficient (Wildman–Crippen LogP) is 1.88. The molecule has 0 aliphatic carbocycles. The first-order chi connectivity index (χ1) is 8.47. The van der Waals surface area contributed by atoms with E-state index in [0.717, 1.165) is 22.3 Å². The summed E-state index contributed by atoms with van der Waals surface area (Å²) in [6.45, 7) is 3.00. The van der Waals surface area contributed by atoms with Gasteiger partial charge in [-0.1, -0.05) is 18.2 Å². The second kappa shape index (κ2) is 5.12. The van der Waals surface area contributed by atoms with Gasteiger partial charge in [-0.15, -0.1) is 0 Å². The Balaban J connectivity index is 2.06. The monoisotopic (exact) mass is 267 g/mol. The average Bonchev–Trinajstić information content (AvgIpc) is 2.59. The second-order valence-corrected chi connectivity index (χ2v) is 6.70. The fraction of sp³-hybridized carbons (Fsp3) is 0.385. The van der Waals surface area contributed by atoms with Crippen LogP contribution in [-0.4, -0.2) is 27.0 Å². The van der Waals surface area contributed by atoms with Crippen LogP contribution in [0.3, 0.4) is 0 Å². The summed E-state index contributed by atoms with van der Waals surface area (Å²) in [4.78, 5) is 0. The minimum Gasteiger partial charge on any atom is -0.461 e. The van der Waals surface area contributed by atoms with E-state index in [0.29, 0.717) is 13.1 Å². The number of aryl methyl sites for hydroxylation is 1. The first kappa shape index (κ1) is 13.1. The standard InChI is InChI=1S/C13H17NO3S/c1-10-12(9-14-7-8-18(2,15)16)11-5-3-4-6-13(11)17-10/h3-6,14H,7-9H2,1-2H3. The van der Waals surface area contributed by atoms with Crippen LogP contribution < -0.4 is 5.32 Å². The number of sulfone groups is 1. The highest BCUT2D eigenvalue weighted by Crippen LogP contribution is 2.24. The maximum absolute atomic E-state index is 11.0. The Morgan fingerprint density at radius 3 is 2.72 bits per heavy atom. The highest BCUT2D eigenvalue weighted by Gasteiger charge is 2.10. The molecule has 4 nitrogen and oxygen atoms in total. The van der Waals surface area contributed by atoms with Crippen molar-refractivity contribution in [1.29, 1.82) is 0 Å². The van der Waals surface area contributed by atoms with Crippen LogP contribution in [0.1, 0.15) is 11.3 Å². The first-order valence-corrected chi connectivity index (χ1v) is 7.89. The average molecular weight is 267 g/mol. The summed E-state index contributed by atoms with van der Waals surface area (Å²) in [6, 6.07) is 7.85. The van der Waals surface area contributed by atoms with Gasteiger partial charge in [-0.3, -0.25) is 0 Å². The lowest BCUT2D eigenvalue weighted by Crippen LogP contribution is -2.22. The largest absolute Gasteiger partial charge is 0.461 e. The van der Waals surface area contributed by atoms with Gasteiger partial charge >= 0.3 is 0 Å². The third-order valence-electron chi connectivity index (χ3n) is 2.85. The summed E-state index contributed by atoms with van der Waals surface area (Å²) in [5.41, 5.74) is 1.97. The van der Waals surface area contributed by atoms with E-state index in [1.165, 1.54) is 6.26 Å². The molecule has 0 atom stereocenters. The molecule has 0 saturated carbocycles. The number of hydrogen-bond acceptors (Lipinski definition) is 4. The molecule has 0 aliphatic heterocycles. The van der Waals surface area contributed by atoms with E-state index in [2.05, 4.69) is 5.32 Å². The minimum absolute atomic E-state index is 0.155. The lowest BCUT2D eigenvalue weighted by Gasteiger charge is -2.03. The third-order valence-corrected chi connectivity index (χ3v) is 3.80. The van der Waals surface area contributed by atoms with Crippen molar-refractivity contribution in [3.63, 3.8) is 0 Å². The maximum atomic E-state index is 11.0. The van der Waals surface area contributed by atoms with Crippen LogP contribution in [0.2, 0.25) is 0 Å². The SMILES string of the molecule is Cc1oc2ccccc2c1CNCCS(C)(=O)=O. The summed E-state index contributed by atoms with van der Waals surface area (Å²) < 4.78 is 27.7.